The number of hydrogen-bond acceptors (Lipinski definition) is 3. The smallest absolute Gasteiger partial charge is 0.256 e. The third kappa shape index (κ3) is 4.01. The molecule has 4 heteroatoms. The van der Waals surface area contributed by atoms with Crippen LogP contribution in [-0.4, -0.2) is 43.5 Å². The molecule has 0 aromatic heterocycles. The van der Waals surface area contributed by atoms with E-state index in [2.05, 4.69) is 61.5 Å². The van der Waals surface area contributed by atoms with E-state index in [-0.39, 0.29) is 5.91 Å². The van der Waals surface area contributed by atoms with Gasteiger partial charge in [0.05, 0.1) is 5.69 Å². The number of anilines is 1. The minimum absolute atomic E-state index is 0.136. The topological polar surface area (TPSA) is 26.8 Å². The lowest BCUT2D eigenvalue weighted by molar-refractivity contribution is -0.124. The van der Waals surface area contributed by atoms with E-state index in [1.165, 1.54) is 5.56 Å². The molecule has 1 aliphatic rings. The van der Waals surface area contributed by atoms with Crippen LogP contribution in [0.2, 0.25) is 0 Å². The van der Waals surface area contributed by atoms with Crippen LogP contribution in [0.4, 0.5) is 5.69 Å². The molecule has 0 fully saturated rings. The third-order valence-electron chi connectivity index (χ3n) is 6.17. The van der Waals surface area contributed by atoms with E-state index in [0.29, 0.717) is 6.54 Å². The van der Waals surface area contributed by atoms with Crippen molar-refractivity contribution < 1.29 is 4.79 Å². The minimum atomic E-state index is -0.668. The molecule has 1 heterocycles. The molecule has 0 saturated carbocycles. The summed E-state index contributed by atoms with van der Waals surface area (Å²) >= 11 is 0. The van der Waals surface area contributed by atoms with E-state index in [0.717, 1.165) is 36.2 Å². The summed E-state index contributed by atoms with van der Waals surface area (Å²) in [5, 5.41) is 3.94. The SMILES string of the molecule is CN(C)CCCC1(c2ccccc2)C(=O)N(N(C)Cc2ccccc2)c2ccccc21. The number of para-hydroxylation sites is 1. The van der Waals surface area contributed by atoms with Gasteiger partial charge in [-0.25, -0.2) is 10.0 Å². The predicted octanol–water partition coefficient (Wildman–Crippen LogP) is 4.71. The van der Waals surface area contributed by atoms with Crippen molar-refractivity contribution in [1.82, 2.24) is 9.91 Å². The van der Waals surface area contributed by atoms with E-state index in [4.69, 9.17) is 0 Å². The monoisotopic (exact) mass is 413 g/mol. The number of nitrogens with zero attached hydrogens (tertiary/aromatic N) is 3. The summed E-state index contributed by atoms with van der Waals surface area (Å²) in [7, 11) is 6.17. The van der Waals surface area contributed by atoms with Crippen LogP contribution >= 0.6 is 0 Å². The lowest BCUT2D eigenvalue weighted by Crippen LogP contribution is -2.48. The number of carbonyl (C=O) groups excluding carboxylic acids is 1. The van der Waals surface area contributed by atoms with Gasteiger partial charge in [-0.05, 0) is 56.2 Å². The average molecular weight is 414 g/mol. The standard InChI is InChI=1S/C27H31N3O/c1-28(2)20-12-19-27(23-15-8-5-9-16-23)24-17-10-11-18-25(24)30(26(27)31)29(3)21-22-13-6-4-7-14-22/h4-11,13-18H,12,19-21H2,1-3H3. The van der Waals surface area contributed by atoms with E-state index >= 15 is 0 Å². The first kappa shape index (κ1) is 21.3. The predicted molar refractivity (Wildman–Crippen MR) is 127 cm³/mol. The van der Waals surface area contributed by atoms with Gasteiger partial charge in [0.25, 0.3) is 5.91 Å². The average Bonchev–Trinajstić information content (AvgIpc) is 3.03. The molecule has 3 aromatic rings. The Morgan fingerprint density at radius 3 is 2.10 bits per heavy atom. The van der Waals surface area contributed by atoms with Crippen LogP contribution in [0.3, 0.4) is 0 Å². The highest BCUT2D eigenvalue weighted by atomic mass is 16.2. The zero-order valence-corrected chi connectivity index (χ0v) is 18.7. The first-order chi connectivity index (χ1) is 15.0. The molecule has 0 N–H and O–H groups in total. The number of fused-ring (bicyclic) bond motifs is 1. The van der Waals surface area contributed by atoms with Gasteiger partial charge in [-0.3, -0.25) is 4.79 Å². The molecule has 0 spiro atoms. The number of hydrogen-bond donors (Lipinski definition) is 0. The van der Waals surface area contributed by atoms with Gasteiger partial charge >= 0.3 is 0 Å². The number of benzene rings is 3. The Labute approximate surface area is 185 Å². The molecule has 0 radical (unpaired) electrons. The molecular weight excluding hydrogens is 382 g/mol. The summed E-state index contributed by atoms with van der Waals surface area (Å²) in [6.07, 6.45) is 1.72. The summed E-state index contributed by atoms with van der Waals surface area (Å²) in [6, 6.07) is 28.9. The Bertz CT molecular complexity index is 1020. The number of amides is 1. The molecule has 0 aliphatic carbocycles. The Kier molecular flexibility index (Phi) is 6.21. The van der Waals surface area contributed by atoms with Crippen molar-refractivity contribution >= 4 is 11.6 Å². The maximum absolute atomic E-state index is 14.3. The highest BCUT2D eigenvalue weighted by molar-refractivity contribution is 6.09. The zero-order valence-electron chi connectivity index (χ0n) is 18.7. The molecule has 3 aromatic carbocycles. The number of hydrazine groups is 1. The number of rotatable bonds is 8. The van der Waals surface area contributed by atoms with E-state index in [9.17, 15) is 4.79 Å². The highest BCUT2D eigenvalue weighted by Gasteiger charge is 2.52. The quantitative estimate of drug-likeness (QED) is 0.535. The van der Waals surface area contributed by atoms with Gasteiger partial charge in [-0.1, -0.05) is 78.9 Å². The van der Waals surface area contributed by atoms with E-state index in [1.807, 2.05) is 59.5 Å². The van der Waals surface area contributed by atoms with Crippen LogP contribution in [0.25, 0.3) is 0 Å². The third-order valence-corrected chi connectivity index (χ3v) is 6.17. The molecule has 1 amide bonds. The summed E-state index contributed by atoms with van der Waals surface area (Å²) < 4.78 is 0. The maximum Gasteiger partial charge on any atom is 0.256 e. The Morgan fingerprint density at radius 1 is 0.806 bits per heavy atom. The summed E-state index contributed by atoms with van der Waals surface area (Å²) in [4.78, 5) is 16.4. The van der Waals surface area contributed by atoms with Crippen LogP contribution in [0.5, 0.6) is 0 Å². The molecule has 31 heavy (non-hydrogen) atoms. The van der Waals surface area contributed by atoms with Crippen molar-refractivity contribution in [2.75, 3.05) is 32.7 Å². The normalized spacial score (nSPS) is 18.1. The van der Waals surface area contributed by atoms with E-state index < -0.39 is 5.41 Å². The fourth-order valence-corrected chi connectivity index (χ4v) is 4.73. The summed E-state index contributed by atoms with van der Waals surface area (Å²) in [6.45, 7) is 1.62. The Balaban J connectivity index is 1.77. The van der Waals surface area contributed by atoms with E-state index in [1.54, 1.807) is 0 Å². The zero-order chi connectivity index (χ0) is 21.8. The first-order valence-electron chi connectivity index (χ1n) is 10.9. The lowest BCUT2D eigenvalue weighted by atomic mass is 9.72. The van der Waals surface area contributed by atoms with Crippen molar-refractivity contribution in [2.45, 2.75) is 24.8 Å². The Morgan fingerprint density at radius 2 is 1.42 bits per heavy atom. The van der Waals surface area contributed by atoms with Gasteiger partial charge < -0.3 is 4.90 Å². The number of carbonyl (C=O) groups is 1. The highest BCUT2D eigenvalue weighted by Crippen LogP contribution is 2.49. The fourth-order valence-electron chi connectivity index (χ4n) is 4.73. The summed E-state index contributed by atoms with van der Waals surface area (Å²) in [5.74, 6) is 0.136. The molecular formula is C27H31N3O. The molecule has 0 saturated heterocycles. The van der Waals surface area contributed by atoms with Crippen LogP contribution in [-0.2, 0) is 16.8 Å². The van der Waals surface area contributed by atoms with Gasteiger partial charge in [0.2, 0.25) is 0 Å². The van der Waals surface area contributed by atoms with Gasteiger partial charge in [-0.15, -0.1) is 0 Å². The minimum Gasteiger partial charge on any atom is -0.309 e. The second-order valence-corrected chi connectivity index (χ2v) is 8.61. The molecule has 4 rings (SSSR count). The molecule has 1 aliphatic heterocycles. The van der Waals surface area contributed by atoms with Crippen LogP contribution in [0, 0.1) is 0 Å². The lowest BCUT2D eigenvalue weighted by Gasteiger charge is -2.33. The molecule has 160 valence electrons. The largest absolute Gasteiger partial charge is 0.309 e. The van der Waals surface area contributed by atoms with Crippen LogP contribution in [0.15, 0.2) is 84.9 Å². The Hall–Kier alpha value is -2.95. The van der Waals surface area contributed by atoms with Gasteiger partial charge in [0, 0.05) is 13.6 Å². The van der Waals surface area contributed by atoms with Crippen molar-refractivity contribution in [3.63, 3.8) is 0 Å². The molecule has 1 atom stereocenters. The van der Waals surface area contributed by atoms with Crippen LogP contribution < -0.4 is 5.01 Å². The maximum atomic E-state index is 14.3. The van der Waals surface area contributed by atoms with Crippen molar-refractivity contribution in [2.24, 2.45) is 0 Å². The van der Waals surface area contributed by atoms with Gasteiger partial charge in [-0.2, -0.15) is 0 Å². The van der Waals surface area contributed by atoms with Crippen molar-refractivity contribution in [1.29, 1.82) is 0 Å². The second-order valence-electron chi connectivity index (χ2n) is 8.61. The van der Waals surface area contributed by atoms with Crippen LogP contribution in [0.1, 0.15) is 29.5 Å². The molecule has 0 bridgehead atoms. The van der Waals surface area contributed by atoms with Gasteiger partial charge in [0.1, 0.15) is 5.41 Å². The molecule has 4 nitrogen and oxygen atoms in total. The van der Waals surface area contributed by atoms with Crippen molar-refractivity contribution in [3.8, 4) is 0 Å². The fraction of sp³-hybridized carbons (Fsp3) is 0.296. The van der Waals surface area contributed by atoms with Crippen molar-refractivity contribution in [3.05, 3.63) is 102 Å². The second kappa shape index (κ2) is 9.04. The summed E-state index contributed by atoms with van der Waals surface area (Å²) in [5.41, 5.74) is 3.67. The first-order valence-corrected chi connectivity index (χ1v) is 10.9. The van der Waals surface area contributed by atoms with Gasteiger partial charge in [0.15, 0.2) is 0 Å². The molecule has 1 unspecified atom stereocenters.